The molecule has 0 saturated heterocycles. The maximum atomic E-state index is 11.9. The summed E-state index contributed by atoms with van der Waals surface area (Å²) in [5.41, 5.74) is 6.25. The molecule has 1 aliphatic rings. The van der Waals surface area contributed by atoms with Gasteiger partial charge in [-0.15, -0.1) is 0 Å². The summed E-state index contributed by atoms with van der Waals surface area (Å²) in [7, 11) is 0. The number of anilines is 1. The first-order chi connectivity index (χ1) is 8.95. The van der Waals surface area contributed by atoms with Crippen LogP contribution in [0.2, 0.25) is 0 Å². The van der Waals surface area contributed by atoms with Crippen molar-refractivity contribution in [1.82, 2.24) is 0 Å². The molecule has 1 heterocycles. The number of nitrogens with two attached hydrogens (primary N) is 1. The van der Waals surface area contributed by atoms with Crippen molar-refractivity contribution in [2.24, 2.45) is 5.73 Å². The highest BCUT2D eigenvalue weighted by Gasteiger charge is 2.38. The van der Waals surface area contributed by atoms with Gasteiger partial charge < -0.3 is 15.6 Å². The Morgan fingerprint density at radius 1 is 1.47 bits per heavy atom. The molecule has 0 fully saturated rings. The second-order valence-electron chi connectivity index (χ2n) is 4.05. The fourth-order valence-corrected chi connectivity index (χ4v) is 1.81. The van der Waals surface area contributed by atoms with E-state index < -0.39 is 23.9 Å². The molecule has 1 aromatic rings. The molecule has 2 rings (SSSR count). The Bertz CT molecular complexity index is 569. The van der Waals surface area contributed by atoms with Gasteiger partial charge in [-0.05, 0) is 24.6 Å². The first kappa shape index (κ1) is 13.0. The Balaban J connectivity index is 2.56. The van der Waals surface area contributed by atoms with E-state index in [1.807, 2.05) is 0 Å². The number of hydrogen-bond acceptors (Lipinski definition) is 5. The summed E-state index contributed by atoms with van der Waals surface area (Å²) in [6, 6.07) is 4.72. The summed E-state index contributed by atoms with van der Waals surface area (Å²) in [4.78, 5) is 35.0. The first-order valence-electron chi connectivity index (χ1n) is 5.56. The Hall–Kier alpha value is -2.41. The molecule has 100 valence electrons. The van der Waals surface area contributed by atoms with Gasteiger partial charge in [0.15, 0.2) is 6.10 Å². The van der Waals surface area contributed by atoms with Gasteiger partial charge in [-0.2, -0.15) is 0 Å². The van der Waals surface area contributed by atoms with Gasteiger partial charge in [0.1, 0.15) is 5.75 Å². The molecule has 7 heteroatoms. The number of imide groups is 1. The van der Waals surface area contributed by atoms with Gasteiger partial charge >= 0.3 is 11.9 Å². The maximum Gasteiger partial charge on any atom is 0.395 e. The molecule has 0 aliphatic carbocycles. The third-order valence-corrected chi connectivity index (χ3v) is 2.76. The number of carbonyl (C=O) groups excluding carboxylic acids is 2. The lowest BCUT2D eigenvalue weighted by atomic mass is 10.1. The number of carboxylic acid groups (broad SMARTS) is 1. The van der Waals surface area contributed by atoms with E-state index in [-0.39, 0.29) is 18.0 Å². The monoisotopic (exact) mass is 264 g/mol. The molecule has 7 nitrogen and oxygen atoms in total. The second kappa shape index (κ2) is 4.69. The van der Waals surface area contributed by atoms with E-state index in [1.54, 1.807) is 12.1 Å². The zero-order valence-corrected chi connectivity index (χ0v) is 10.1. The summed E-state index contributed by atoms with van der Waals surface area (Å²) in [5.74, 6) is -3.45. The highest BCUT2D eigenvalue weighted by molar-refractivity contribution is 6.43. The molecule has 1 atom stereocenters. The van der Waals surface area contributed by atoms with Gasteiger partial charge in [-0.3, -0.25) is 9.59 Å². The van der Waals surface area contributed by atoms with E-state index in [2.05, 4.69) is 0 Å². The van der Waals surface area contributed by atoms with Gasteiger partial charge in [0.2, 0.25) is 0 Å². The van der Waals surface area contributed by atoms with E-state index in [9.17, 15) is 14.4 Å². The average molecular weight is 264 g/mol. The Morgan fingerprint density at radius 2 is 2.16 bits per heavy atom. The van der Waals surface area contributed by atoms with Crippen molar-refractivity contribution in [3.63, 3.8) is 0 Å². The summed E-state index contributed by atoms with van der Waals surface area (Å²) < 4.78 is 5.33. The van der Waals surface area contributed by atoms with Gasteiger partial charge in [0, 0.05) is 6.54 Å². The van der Waals surface area contributed by atoms with Crippen LogP contribution in [0.4, 0.5) is 5.69 Å². The van der Waals surface area contributed by atoms with E-state index in [4.69, 9.17) is 15.6 Å². The zero-order chi connectivity index (χ0) is 14.2. The lowest BCUT2D eigenvalue weighted by Gasteiger charge is -2.30. The molecule has 0 spiro atoms. The Kier molecular flexibility index (Phi) is 3.22. The third kappa shape index (κ3) is 2.15. The number of carboxylic acids is 1. The van der Waals surface area contributed by atoms with E-state index in [0.717, 1.165) is 0 Å². The highest BCUT2D eigenvalue weighted by atomic mass is 16.5. The molecule has 2 amide bonds. The van der Waals surface area contributed by atoms with Crippen LogP contribution in [0.25, 0.3) is 0 Å². The van der Waals surface area contributed by atoms with Crippen molar-refractivity contribution in [2.75, 3.05) is 4.90 Å². The van der Waals surface area contributed by atoms with Crippen molar-refractivity contribution in [3.05, 3.63) is 23.8 Å². The molecule has 1 unspecified atom stereocenters. The molecule has 0 aromatic heterocycles. The van der Waals surface area contributed by atoms with Crippen LogP contribution >= 0.6 is 0 Å². The SMILES string of the molecule is CC1Oc2ccc(CN)cc2N(C(=O)C(=O)O)C1=O. The number of nitrogens with zero attached hydrogens (tertiary/aromatic N) is 1. The number of carbonyl (C=O) groups is 3. The molecule has 0 bridgehead atoms. The number of rotatable bonds is 1. The minimum absolute atomic E-state index is 0.110. The standard InChI is InChI=1S/C12H12N2O5/c1-6-10(15)14(11(16)12(17)18)8-4-7(5-13)2-3-9(8)19-6/h2-4,6H,5,13H2,1H3,(H,17,18). The van der Waals surface area contributed by atoms with E-state index in [1.165, 1.54) is 13.0 Å². The average Bonchev–Trinajstić information content (AvgIpc) is 2.39. The lowest BCUT2D eigenvalue weighted by Crippen LogP contribution is -2.50. The zero-order valence-electron chi connectivity index (χ0n) is 10.1. The number of aliphatic carboxylic acids is 1. The van der Waals surface area contributed by atoms with Crippen LogP contribution in [0.15, 0.2) is 18.2 Å². The Labute approximate surface area is 108 Å². The fourth-order valence-electron chi connectivity index (χ4n) is 1.81. The molecule has 3 N–H and O–H groups in total. The van der Waals surface area contributed by atoms with Crippen LogP contribution in [0, 0.1) is 0 Å². The number of fused-ring (bicyclic) bond motifs is 1. The van der Waals surface area contributed by atoms with Crippen molar-refractivity contribution >= 4 is 23.5 Å². The third-order valence-electron chi connectivity index (χ3n) is 2.76. The number of ether oxygens (including phenoxy) is 1. The summed E-state index contributed by atoms with van der Waals surface area (Å²) in [6.45, 7) is 1.65. The van der Waals surface area contributed by atoms with Gasteiger partial charge in [0.05, 0.1) is 5.69 Å². The maximum absolute atomic E-state index is 11.9. The molecular weight excluding hydrogens is 252 g/mol. The second-order valence-corrected chi connectivity index (χ2v) is 4.05. The fraction of sp³-hybridized carbons (Fsp3) is 0.250. The topological polar surface area (TPSA) is 110 Å². The molecule has 19 heavy (non-hydrogen) atoms. The van der Waals surface area contributed by atoms with Crippen molar-refractivity contribution in [2.45, 2.75) is 19.6 Å². The predicted molar refractivity (Wildman–Crippen MR) is 64.6 cm³/mol. The smallest absolute Gasteiger partial charge is 0.395 e. The van der Waals surface area contributed by atoms with Crippen LogP contribution in [0.3, 0.4) is 0 Å². The molecule has 0 radical (unpaired) electrons. The van der Waals surface area contributed by atoms with Crippen LogP contribution in [0.5, 0.6) is 5.75 Å². The van der Waals surface area contributed by atoms with E-state index >= 15 is 0 Å². The first-order valence-corrected chi connectivity index (χ1v) is 5.56. The van der Waals surface area contributed by atoms with Crippen LogP contribution in [0.1, 0.15) is 12.5 Å². The molecular formula is C12H12N2O5. The number of amides is 2. The minimum atomic E-state index is -1.70. The van der Waals surface area contributed by atoms with Crippen molar-refractivity contribution < 1.29 is 24.2 Å². The van der Waals surface area contributed by atoms with Gasteiger partial charge in [-0.1, -0.05) is 6.07 Å². The summed E-state index contributed by atoms with van der Waals surface area (Å²) in [5, 5.41) is 8.78. The Morgan fingerprint density at radius 3 is 2.74 bits per heavy atom. The van der Waals surface area contributed by atoms with Crippen LogP contribution in [-0.4, -0.2) is 29.0 Å². The lowest BCUT2D eigenvalue weighted by molar-refractivity contribution is -0.150. The molecule has 1 aliphatic heterocycles. The quantitative estimate of drug-likeness (QED) is 0.684. The number of benzene rings is 1. The normalized spacial score (nSPS) is 17.7. The largest absolute Gasteiger partial charge is 0.479 e. The molecule has 1 aromatic carbocycles. The van der Waals surface area contributed by atoms with Crippen LogP contribution in [-0.2, 0) is 20.9 Å². The minimum Gasteiger partial charge on any atom is -0.479 e. The summed E-state index contributed by atoms with van der Waals surface area (Å²) >= 11 is 0. The van der Waals surface area contributed by atoms with Crippen molar-refractivity contribution in [1.29, 1.82) is 0 Å². The van der Waals surface area contributed by atoms with Gasteiger partial charge in [0.25, 0.3) is 5.91 Å². The predicted octanol–water partition coefficient (Wildman–Crippen LogP) is -0.130. The number of hydrogen-bond donors (Lipinski definition) is 2. The summed E-state index contributed by atoms with van der Waals surface area (Å²) in [6.07, 6.45) is -0.917. The van der Waals surface area contributed by atoms with E-state index in [0.29, 0.717) is 10.5 Å². The van der Waals surface area contributed by atoms with Crippen LogP contribution < -0.4 is 15.4 Å². The highest BCUT2D eigenvalue weighted by Crippen LogP contribution is 2.35. The van der Waals surface area contributed by atoms with Gasteiger partial charge in [-0.25, -0.2) is 9.69 Å². The molecule has 0 saturated carbocycles. The van der Waals surface area contributed by atoms with Crippen molar-refractivity contribution in [3.8, 4) is 5.75 Å².